The fourth-order valence-corrected chi connectivity index (χ4v) is 7.17. The molecule has 1 aliphatic heterocycles. The zero-order chi connectivity index (χ0) is 20.4. The Balaban J connectivity index is 1.49. The van der Waals surface area contributed by atoms with Crippen molar-refractivity contribution in [1.82, 2.24) is 4.83 Å². The van der Waals surface area contributed by atoms with Crippen molar-refractivity contribution in [3.63, 3.8) is 0 Å². The highest BCUT2D eigenvalue weighted by molar-refractivity contribution is 7.89. The molecule has 3 fully saturated rings. The van der Waals surface area contributed by atoms with Crippen LogP contribution in [0, 0.1) is 23.7 Å². The molecule has 6 nitrogen and oxygen atoms in total. The third-order valence-electron chi connectivity index (χ3n) is 7.50. The van der Waals surface area contributed by atoms with Gasteiger partial charge in [0.1, 0.15) is 11.5 Å². The molecule has 0 amide bonds. The Morgan fingerprint density at radius 2 is 1.97 bits per heavy atom. The summed E-state index contributed by atoms with van der Waals surface area (Å²) < 4.78 is 31.1. The zero-order valence-electron chi connectivity index (χ0n) is 16.8. The molecule has 1 heterocycles. The number of hydrogen-bond donors (Lipinski definition) is 1. The van der Waals surface area contributed by atoms with Gasteiger partial charge in [0.2, 0.25) is 0 Å². The predicted molar refractivity (Wildman–Crippen MR) is 109 cm³/mol. The van der Waals surface area contributed by atoms with Crippen molar-refractivity contribution in [1.29, 1.82) is 0 Å². The molecular formula is C22H26N2O4S. The van der Waals surface area contributed by atoms with Crippen LogP contribution in [0.15, 0.2) is 45.9 Å². The summed E-state index contributed by atoms with van der Waals surface area (Å²) >= 11 is 0. The van der Waals surface area contributed by atoms with E-state index < -0.39 is 15.4 Å². The lowest BCUT2D eigenvalue weighted by Crippen LogP contribution is -2.31. The van der Waals surface area contributed by atoms with Gasteiger partial charge in [0.25, 0.3) is 10.0 Å². The molecule has 5 rings (SSSR count). The molecule has 4 atom stereocenters. The summed E-state index contributed by atoms with van der Waals surface area (Å²) in [6, 6.07) is 6.61. The number of allylic oxidation sites excluding steroid dienone is 1. The number of carbonyl (C=O) groups is 1. The van der Waals surface area contributed by atoms with Crippen molar-refractivity contribution in [2.45, 2.75) is 63.4 Å². The van der Waals surface area contributed by atoms with Gasteiger partial charge in [-0.15, -0.1) is 0 Å². The van der Waals surface area contributed by atoms with Crippen LogP contribution in [-0.4, -0.2) is 26.2 Å². The van der Waals surface area contributed by atoms with Gasteiger partial charge in [-0.2, -0.15) is 13.5 Å². The Bertz CT molecular complexity index is 1040. The Morgan fingerprint density at radius 1 is 1.21 bits per heavy atom. The second kappa shape index (κ2) is 6.17. The Labute approximate surface area is 171 Å². The van der Waals surface area contributed by atoms with Gasteiger partial charge in [-0.3, -0.25) is 4.79 Å². The van der Waals surface area contributed by atoms with Crippen LogP contribution in [-0.2, 0) is 19.6 Å². The summed E-state index contributed by atoms with van der Waals surface area (Å²) in [6.07, 6.45) is 8.35. The molecule has 1 N–H and O–H groups in total. The first-order chi connectivity index (χ1) is 13.8. The molecule has 0 radical (unpaired) electrons. The van der Waals surface area contributed by atoms with Gasteiger partial charge in [0, 0.05) is 0 Å². The average Bonchev–Trinajstić information content (AvgIpc) is 3.11. The van der Waals surface area contributed by atoms with Crippen molar-refractivity contribution in [2.24, 2.45) is 21.8 Å². The number of esters is 1. The first-order valence-electron chi connectivity index (χ1n) is 10.4. The standard InChI is InChI=1S/C22H26N2O4S/c1-14-8-10-17(11-9-14)29(26,27)24-23-15(2)21-18-12-13-19(28-20(21)25)22(18,21)16-6-4-3-5-7-16/h6,8-11,18-19,24H,3-5,7,12-13H2,1-2H3/b23-15+/t18-,19-,21-,22+/m1/s1. The van der Waals surface area contributed by atoms with Gasteiger partial charge in [-0.05, 0) is 70.4 Å². The minimum Gasteiger partial charge on any atom is -0.461 e. The van der Waals surface area contributed by atoms with E-state index in [9.17, 15) is 13.2 Å². The molecular weight excluding hydrogens is 388 g/mol. The minimum atomic E-state index is -3.79. The van der Waals surface area contributed by atoms with E-state index in [1.807, 2.05) is 6.92 Å². The quantitative estimate of drug-likeness (QED) is 0.346. The summed E-state index contributed by atoms with van der Waals surface area (Å²) in [5, 5.41) is 4.25. The predicted octanol–water partition coefficient (Wildman–Crippen LogP) is 3.47. The van der Waals surface area contributed by atoms with Crippen LogP contribution < -0.4 is 4.83 Å². The summed E-state index contributed by atoms with van der Waals surface area (Å²) in [5.74, 6) is -0.0505. The summed E-state index contributed by atoms with van der Waals surface area (Å²) in [4.78, 5) is 15.5. The Morgan fingerprint density at radius 3 is 2.66 bits per heavy atom. The highest BCUT2D eigenvalue weighted by Crippen LogP contribution is 2.85. The monoisotopic (exact) mass is 414 g/mol. The van der Waals surface area contributed by atoms with Crippen molar-refractivity contribution in [3.8, 4) is 0 Å². The minimum absolute atomic E-state index is 0.0943. The third-order valence-corrected chi connectivity index (χ3v) is 8.72. The van der Waals surface area contributed by atoms with Crippen LogP contribution in [0.4, 0.5) is 0 Å². The molecule has 1 aromatic carbocycles. The van der Waals surface area contributed by atoms with Gasteiger partial charge in [-0.1, -0.05) is 29.3 Å². The molecule has 4 aliphatic rings. The molecule has 0 aromatic heterocycles. The molecule has 0 spiro atoms. The fourth-order valence-electron chi connectivity index (χ4n) is 6.31. The van der Waals surface area contributed by atoms with Crippen LogP contribution >= 0.6 is 0 Å². The number of ether oxygens (including phenoxy) is 1. The first kappa shape index (κ1) is 18.9. The molecule has 154 valence electrons. The summed E-state index contributed by atoms with van der Waals surface area (Å²) in [7, 11) is -3.79. The fraction of sp³-hybridized carbons (Fsp3) is 0.545. The van der Waals surface area contributed by atoms with Crippen LogP contribution in [0.5, 0.6) is 0 Å². The molecule has 7 heteroatoms. The molecule has 29 heavy (non-hydrogen) atoms. The SMILES string of the molecule is C/C(=N\NS(=O)(=O)c1ccc(C)cc1)[C@]12C(=O)O[C@@H]3CC[C@H]1[C@@]32C1=CCCCC1. The van der Waals surface area contributed by atoms with Crippen molar-refractivity contribution < 1.29 is 17.9 Å². The number of hydrazone groups is 1. The molecule has 0 unspecified atom stereocenters. The maximum atomic E-state index is 13.0. The van der Waals surface area contributed by atoms with E-state index in [2.05, 4.69) is 16.0 Å². The van der Waals surface area contributed by atoms with Gasteiger partial charge < -0.3 is 4.74 Å². The lowest BCUT2D eigenvalue weighted by Gasteiger charge is -2.25. The van der Waals surface area contributed by atoms with E-state index in [0.717, 1.165) is 37.7 Å². The maximum Gasteiger partial charge on any atom is 0.319 e. The lowest BCUT2D eigenvalue weighted by atomic mass is 9.77. The first-order valence-corrected chi connectivity index (χ1v) is 11.9. The number of nitrogens with one attached hydrogen (secondary N) is 1. The normalized spacial score (nSPS) is 35.7. The van der Waals surface area contributed by atoms with Crippen molar-refractivity contribution >= 4 is 21.7 Å². The average molecular weight is 415 g/mol. The summed E-state index contributed by atoms with van der Waals surface area (Å²) in [6.45, 7) is 3.67. The highest BCUT2D eigenvalue weighted by Gasteiger charge is 2.92. The van der Waals surface area contributed by atoms with Crippen molar-refractivity contribution in [3.05, 3.63) is 41.5 Å². The molecule has 2 saturated carbocycles. The number of aryl methyl sites for hydroxylation is 1. The van der Waals surface area contributed by atoms with Gasteiger partial charge in [0.05, 0.1) is 16.0 Å². The van der Waals surface area contributed by atoms with Crippen LogP contribution in [0.1, 0.15) is 51.0 Å². The third kappa shape index (κ3) is 2.31. The number of carbonyl (C=O) groups excluding carboxylic acids is 1. The van der Waals surface area contributed by atoms with E-state index in [4.69, 9.17) is 4.74 Å². The van der Waals surface area contributed by atoms with Gasteiger partial charge >= 0.3 is 5.97 Å². The van der Waals surface area contributed by atoms with E-state index in [1.165, 1.54) is 12.0 Å². The highest BCUT2D eigenvalue weighted by atomic mass is 32.2. The van der Waals surface area contributed by atoms with E-state index in [-0.39, 0.29) is 28.3 Å². The van der Waals surface area contributed by atoms with E-state index in [1.54, 1.807) is 31.2 Å². The summed E-state index contributed by atoms with van der Waals surface area (Å²) in [5.41, 5.74) is 1.74. The number of sulfonamides is 1. The Hall–Kier alpha value is -2.15. The topological polar surface area (TPSA) is 84.8 Å². The molecule has 1 saturated heterocycles. The lowest BCUT2D eigenvalue weighted by molar-refractivity contribution is -0.146. The number of fused-ring (bicyclic) bond motifs is 1. The largest absolute Gasteiger partial charge is 0.461 e. The van der Waals surface area contributed by atoms with Crippen LogP contribution in [0.25, 0.3) is 0 Å². The zero-order valence-corrected chi connectivity index (χ0v) is 17.6. The maximum absolute atomic E-state index is 13.0. The Kier molecular flexibility index (Phi) is 4.01. The molecule has 1 aromatic rings. The second-order valence-corrected chi connectivity index (χ2v) is 10.4. The van der Waals surface area contributed by atoms with Crippen LogP contribution in [0.3, 0.4) is 0 Å². The van der Waals surface area contributed by atoms with E-state index >= 15 is 0 Å². The number of rotatable bonds is 5. The van der Waals surface area contributed by atoms with E-state index in [0.29, 0.717) is 5.71 Å². The molecule has 3 aliphatic carbocycles. The van der Waals surface area contributed by atoms with Gasteiger partial charge in [0.15, 0.2) is 0 Å². The van der Waals surface area contributed by atoms with Gasteiger partial charge in [-0.25, -0.2) is 4.83 Å². The number of nitrogens with zero attached hydrogens (tertiary/aromatic N) is 1. The number of hydrogen-bond acceptors (Lipinski definition) is 5. The smallest absolute Gasteiger partial charge is 0.319 e. The molecule has 0 bridgehead atoms. The second-order valence-electron chi connectivity index (χ2n) is 8.78. The number of benzene rings is 1. The van der Waals surface area contributed by atoms with Crippen molar-refractivity contribution in [2.75, 3.05) is 0 Å². The van der Waals surface area contributed by atoms with Crippen LogP contribution in [0.2, 0.25) is 0 Å².